The van der Waals surface area contributed by atoms with Crippen LogP contribution in [0.15, 0.2) is 42.7 Å². The molecule has 0 radical (unpaired) electrons. The van der Waals surface area contributed by atoms with Crippen LogP contribution in [0.3, 0.4) is 0 Å². The van der Waals surface area contributed by atoms with E-state index in [0.29, 0.717) is 0 Å². The van der Waals surface area contributed by atoms with Crippen molar-refractivity contribution in [3.05, 3.63) is 53.2 Å². The first kappa shape index (κ1) is 12.4. The van der Waals surface area contributed by atoms with Gasteiger partial charge >= 0.3 is 0 Å². The summed E-state index contributed by atoms with van der Waals surface area (Å²) in [5, 5.41) is 5.61. The maximum atomic E-state index is 6.35. The van der Waals surface area contributed by atoms with Crippen molar-refractivity contribution in [2.45, 2.75) is 25.9 Å². The lowest BCUT2D eigenvalue weighted by Gasteiger charge is -2.05. The second-order valence-corrected chi connectivity index (χ2v) is 5.82. The molecule has 0 saturated carbocycles. The Kier molecular flexibility index (Phi) is 3.36. The minimum absolute atomic E-state index is 0.0805. The second-order valence-electron chi connectivity index (χ2n) is 4.70. The van der Waals surface area contributed by atoms with Crippen LogP contribution in [0.2, 0.25) is 0 Å². The molecule has 3 aromatic rings. The summed E-state index contributed by atoms with van der Waals surface area (Å²) in [4.78, 5) is 1.19. The van der Waals surface area contributed by atoms with Gasteiger partial charge < -0.3 is 5.73 Å². The molecule has 1 atom stereocenters. The Morgan fingerprint density at radius 3 is 3.00 bits per heavy atom. The lowest BCUT2D eigenvalue weighted by atomic mass is 10.1. The van der Waals surface area contributed by atoms with Crippen LogP contribution in [0, 0.1) is 0 Å². The molecule has 0 spiro atoms. The van der Waals surface area contributed by atoms with Gasteiger partial charge in [0.1, 0.15) is 0 Å². The first-order valence-corrected chi connectivity index (χ1v) is 7.36. The smallest absolute Gasteiger partial charge is 0.0677 e. The molecular weight excluding hydrogens is 254 g/mol. The van der Waals surface area contributed by atoms with Crippen molar-refractivity contribution in [1.82, 2.24) is 9.78 Å². The number of nitrogens with two attached hydrogens (primary N) is 1. The number of thiophene rings is 1. The topological polar surface area (TPSA) is 43.8 Å². The van der Waals surface area contributed by atoms with Crippen LogP contribution in [0.4, 0.5) is 0 Å². The van der Waals surface area contributed by atoms with E-state index in [1.807, 2.05) is 10.9 Å². The zero-order valence-corrected chi connectivity index (χ0v) is 11.7. The fraction of sp³-hybridized carbons (Fsp3) is 0.267. The molecule has 2 heterocycles. The number of nitrogens with zero attached hydrogens (tertiary/aromatic N) is 2. The average molecular weight is 271 g/mol. The highest BCUT2D eigenvalue weighted by Crippen LogP contribution is 2.31. The van der Waals surface area contributed by atoms with E-state index in [0.717, 1.165) is 18.5 Å². The molecule has 2 aromatic heterocycles. The summed E-state index contributed by atoms with van der Waals surface area (Å²) >= 11 is 1.76. The fourth-order valence-electron chi connectivity index (χ4n) is 2.21. The van der Waals surface area contributed by atoms with Crippen LogP contribution in [0.25, 0.3) is 10.1 Å². The molecule has 3 nitrogen and oxygen atoms in total. The van der Waals surface area contributed by atoms with Crippen LogP contribution in [0.1, 0.15) is 29.8 Å². The zero-order chi connectivity index (χ0) is 13.2. The maximum absolute atomic E-state index is 6.35. The number of aromatic nitrogens is 2. The summed E-state index contributed by atoms with van der Waals surface area (Å²) in [6.07, 6.45) is 5.02. The third-order valence-corrected chi connectivity index (χ3v) is 4.42. The number of benzene rings is 1. The van der Waals surface area contributed by atoms with E-state index < -0.39 is 0 Å². The molecule has 2 N–H and O–H groups in total. The normalized spacial score (nSPS) is 12.9. The first-order valence-electron chi connectivity index (χ1n) is 6.54. The Labute approximate surface area is 116 Å². The number of rotatable bonds is 4. The minimum Gasteiger partial charge on any atom is -0.320 e. The van der Waals surface area contributed by atoms with Gasteiger partial charge in [-0.25, -0.2) is 0 Å². The average Bonchev–Trinajstić information content (AvgIpc) is 3.04. The van der Waals surface area contributed by atoms with Crippen LogP contribution >= 0.6 is 11.3 Å². The van der Waals surface area contributed by atoms with Gasteiger partial charge in [0.15, 0.2) is 0 Å². The van der Waals surface area contributed by atoms with Crippen molar-refractivity contribution in [1.29, 1.82) is 0 Å². The summed E-state index contributed by atoms with van der Waals surface area (Å²) < 4.78 is 3.25. The molecule has 0 fully saturated rings. The number of hydrogen-bond donors (Lipinski definition) is 1. The van der Waals surface area contributed by atoms with Crippen molar-refractivity contribution in [3.63, 3.8) is 0 Å². The Balaban J connectivity index is 1.91. The summed E-state index contributed by atoms with van der Waals surface area (Å²) in [5.74, 6) is 0. The predicted molar refractivity (Wildman–Crippen MR) is 80.4 cm³/mol. The van der Waals surface area contributed by atoms with Crippen molar-refractivity contribution >= 4 is 21.4 Å². The van der Waals surface area contributed by atoms with E-state index in [1.54, 1.807) is 11.3 Å². The van der Waals surface area contributed by atoms with E-state index >= 15 is 0 Å². The summed E-state index contributed by atoms with van der Waals surface area (Å²) in [5.41, 5.74) is 7.43. The molecule has 3 rings (SSSR count). The van der Waals surface area contributed by atoms with Crippen LogP contribution in [0.5, 0.6) is 0 Å². The summed E-state index contributed by atoms with van der Waals surface area (Å²) in [6.45, 7) is 3.09. The SMILES string of the molecule is CCCn1cc(C(N)c2cc3ccccc3s2)cn1. The van der Waals surface area contributed by atoms with Gasteiger partial charge in [0.05, 0.1) is 12.2 Å². The van der Waals surface area contributed by atoms with Gasteiger partial charge in [0, 0.05) is 27.9 Å². The van der Waals surface area contributed by atoms with Gasteiger partial charge in [-0.05, 0) is 23.9 Å². The second kappa shape index (κ2) is 5.15. The van der Waals surface area contributed by atoms with Crippen molar-refractivity contribution in [2.75, 3.05) is 0 Å². The number of aryl methyl sites for hydroxylation is 1. The predicted octanol–water partition coefficient (Wildman–Crippen LogP) is 3.56. The Bertz CT molecular complexity index is 650. The Morgan fingerprint density at radius 2 is 2.21 bits per heavy atom. The zero-order valence-electron chi connectivity index (χ0n) is 10.9. The molecule has 1 unspecified atom stereocenters. The van der Waals surface area contributed by atoms with Gasteiger partial charge in [-0.15, -0.1) is 11.3 Å². The minimum atomic E-state index is -0.0805. The van der Waals surface area contributed by atoms with E-state index in [1.165, 1.54) is 15.0 Å². The first-order chi connectivity index (χ1) is 9.28. The van der Waals surface area contributed by atoms with Gasteiger partial charge in [0.2, 0.25) is 0 Å². The number of hydrogen-bond acceptors (Lipinski definition) is 3. The fourth-order valence-corrected chi connectivity index (χ4v) is 3.31. The van der Waals surface area contributed by atoms with Crippen molar-refractivity contribution in [3.8, 4) is 0 Å². The van der Waals surface area contributed by atoms with Gasteiger partial charge in [-0.2, -0.15) is 5.10 Å². The maximum Gasteiger partial charge on any atom is 0.0677 e. The summed E-state index contributed by atoms with van der Waals surface area (Å²) in [7, 11) is 0. The highest BCUT2D eigenvalue weighted by molar-refractivity contribution is 7.19. The van der Waals surface area contributed by atoms with E-state index in [9.17, 15) is 0 Å². The third-order valence-electron chi connectivity index (χ3n) is 3.22. The molecule has 0 bridgehead atoms. The number of fused-ring (bicyclic) bond motifs is 1. The molecule has 0 aliphatic rings. The molecule has 0 aliphatic carbocycles. The van der Waals surface area contributed by atoms with E-state index in [2.05, 4.69) is 48.6 Å². The van der Waals surface area contributed by atoms with Crippen LogP contribution < -0.4 is 5.73 Å². The van der Waals surface area contributed by atoms with Gasteiger partial charge in [-0.1, -0.05) is 25.1 Å². The van der Waals surface area contributed by atoms with Crippen molar-refractivity contribution < 1.29 is 0 Å². The lowest BCUT2D eigenvalue weighted by Crippen LogP contribution is -2.09. The molecule has 0 aliphatic heterocycles. The lowest BCUT2D eigenvalue weighted by molar-refractivity contribution is 0.602. The molecule has 4 heteroatoms. The molecule has 0 saturated heterocycles. The monoisotopic (exact) mass is 271 g/mol. The summed E-state index contributed by atoms with van der Waals surface area (Å²) in [6, 6.07) is 10.5. The molecule has 1 aromatic carbocycles. The van der Waals surface area contributed by atoms with E-state index in [-0.39, 0.29) is 6.04 Å². The molecular formula is C15H17N3S. The highest BCUT2D eigenvalue weighted by atomic mass is 32.1. The third kappa shape index (κ3) is 2.41. The van der Waals surface area contributed by atoms with Crippen LogP contribution in [-0.2, 0) is 6.54 Å². The standard InChI is InChI=1S/C15H17N3S/c1-2-7-18-10-12(9-17-18)15(16)14-8-11-5-3-4-6-13(11)19-14/h3-6,8-10,15H,2,7,16H2,1H3. The quantitative estimate of drug-likeness (QED) is 0.788. The van der Waals surface area contributed by atoms with Gasteiger partial charge in [0.25, 0.3) is 0 Å². The Morgan fingerprint density at radius 1 is 1.37 bits per heavy atom. The van der Waals surface area contributed by atoms with Crippen LogP contribution in [-0.4, -0.2) is 9.78 Å². The molecule has 98 valence electrons. The van der Waals surface area contributed by atoms with E-state index in [4.69, 9.17) is 5.73 Å². The Hall–Kier alpha value is -1.65. The molecule has 19 heavy (non-hydrogen) atoms. The van der Waals surface area contributed by atoms with Gasteiger partial charge in [-0.3, -0.25) is 4.68 Å². The molecule has 0 amide bonds. The largest absolute Gasteiger partial charge is 0.320 e. The highest BCUT2D eigenvalue weighted by Gasteiger charge is 2.14. The van der Waals surface area contributed by atoms with Crippen molar-refractivity contribution in [2.24, 2.45) is 5.73 Å².